The van der Waals surface area contributed by atoms with Gasteiger partial charge in [0.15, 0.2) is 0 Å². The van der Waals surface area contributed by atoms with Crippen LogP contribution in [0.5, 0.6) is 0 Å². The smallest absolute Gasteiger partial charge is 0.147 e. The van der Waals surface area contributed by atoms with Crippen molar-refractivity contribution in [2.24, 2.45) is 0 Å². The summed E-state index contributed by atoms with van der Waals surface area (Å²) in [7, 11) is 0. The van der Waals surface area contributed by atoms with Crippen molar-refractivity contribution in [1.82, 2.24) is 9.97 Å². The predicted molar refractivity (Wildman–Crippen MR) is 217 cm³/mol. The molecule has 0 saturated carbocycles. The maximum absolute atomic E-state index is 6.83. The van der Waals surface area contributed by atoms with Gasteiger partial charge < -0.3 is 18.8 Å². The Morgan fingerprint density at radius 1 is 0.481 bits per heavy atom. The van der Waals surface area contributed by atoms with Crippen molar-refractivity contribution in [3.05, 3.63) is 181 Å². The van der Waals surface area contributed by atoms with E-state index < -0.39 is 0 Å². The van der Waals surface area contributed by atoms with Gasteiger partial charge in [-0.15, -0.1) is 71.8 Å². The first kappa shape index (κ1) is 34.9. The number of hydrogen-bond donors (Lipinski definition) is 0. The van der Waals surface area contributed by atoms with E-state index in [4.69, 9.17) is 13.8 Å². The van der Waals surface area contributed by atoms with Crippen LogP contribution < -0.4 is 0 Å². The van der Waals surface area contributed by atoms with Crippen LogP contribution in [0.25, 0.3) is 88.6 Å². The summed E-state index contributed by atoms with van der Waals surface area (Å²) in [5, 5.41) is 4.35. The number of aromatic nitrogens is 2. The number of furan rings is 2. The van der Waals surface area contributed by atoms with Crippen LogP contribution in [-0.2, 0) is 20.1 Å². The summed E-state index contributed by atoms with van der Waals surface area (Å²) in [5.74, 6) is 0. The monoisotopic (exact) mass is 875 g/mol. The van der Waals surface area contributed by atoms with Crippen LogP contribution in [0.1, 0.15) is 16.7 Å². The summed E-state index contributed by atoms with van der Waals surface area (Å²) in [6.07, 6.45) is 3.75. The van der Waals surface area contributed by atoms with Gasteiger partial charge in [-0.1, -0.05) is 72.8 Å². The first-order chi connectivity index (χ1) is 26.1. The van der Waals surface area contributed by atoms with Crippen LogP contribution in [-0.4, -0.2) is 9.97 Å². The molecular formula is C49H34IrN2O2-2. The minimum absolute atomic E-state index is 0. The number of hydrogen-bond acceptors (Lipinski definition) is 4. The summed E-state index contributed by atoms with van der Waals surface area (Å²) in [6, 6.07) is 53.5. The molecule has 0 amide bonds. The minimum atomic E-state index is 0. The molecule has 10 rings (SSSR count). The van der Waals surface area contributed by atoms with E-state index in [0.717, 1.165) is 99.8 Å². The molecule has 4 nitrogen and oxygen atoms in total. The van der Waals surface area contributed by atoms with Crippen molar-refractivity contribution in [3.63, 3.8) is 0 Å². The zero-order chi connectivity index (χ0) is 35.9. The Hall–Kier alpha value is -6.13. The molecule has 0 atom stereocenters. The molecule has 0 aliphatic carbocycles. The summed E-state index contributed by atoms with van der Waals surface area (Å²) >= 11 is 0. The quantitative estimate of drug-likeness (QED) is 0.165. The number of benzene rings is 6. The fourth-order valence-corrected chi connectivity index (χ4v) is 7.41. The van der Waals surface area contributed by atoms with Gasteiger partial charge in [0.2, 0.25) is 0 Å². The number of fused-ring (bicyclic) bond motifs is 7. The molecule has 6 aromatic carbocycles. The molecule has 0 aliphatic rings. The maximum Gasteiger partial charge on any atom is 0.147 e. The summed E-state index contributed by atoms with van der Waals surface area (Å²) in [4.78, 5) is 9.03. The van der Waals surface area contributed by atoms with Crippen molar-refractivity contribution >= 4 is 43.9 Å². The first-order valence-electron chi connectivity index (χ1n) is 17.7. The van der Waals surface area contributed by atoms with Crippen LogP contribution in [0.2, 0.25) is 0 Å². The largest absolute Gasteiger partial charge is 0.455 e. The van der Waals surface area contributed by atoms with Crippen molar-refractivity contribution in [2.45, 2.75) is 20.8 Å². The average Bonchev–Trinajstić information content (AvgIpc) is 3.80. The van der Waals surface area contributed by atoms with Gasteiger partial charge in [-0.2, -0.15) is 0 Å². The third-order valence-corrected chi connectivity index (χ3v) is 9.87. The van der Waals surface area contributed by atoms with Crippen LogP contribution in [0, 0.1) is 32.9 Å². The van der Waals surface area contributed by atoms with E-state index in [9.17, 15) is 0 Å². The Morgan fingerprint density at radius 2 is 1.09 bits per heavy atom. The molecule has 0 spiro atoms. The van der Waals surface area contributed by atoms with E-state index in [1.165, 1.54) is 5.56 Å². The van der Waals surface area contributed by atoms with Crippen LogP contribution in [0.3, 0.4) is 0 Å². The molecule has 4 heterocycles. The Balaban J connectivity index is 0.000000271. The van der Waals surface area contributed by atoms with E-state index in [0.29, 0.717) is 0 Å². The molecule has 0 fully saturated rings. The van der Waals surface area contributed by atoms with Gasteiger partial charge in [-0.3, -0.25) is 0 Å². The van der Waals surface area contributed by atoms with Crippen LogP contribution >= 0.6 is 0 Å². The molecule has 5 heteroatoms. The third-order valence-electron chi connectivity index (χ3n) is 9.87. The topological polar surface area (TPSA) is 52.1 Å². The average molecular weight is 875 g/mol. The molecule has 0 aliphatic heterocycles. The number of aryl methyl sites for hydroxylation is 3. The van der Waals surface area contributed by atoms with Gasteiger partial charge in [-0.25, -0.2) is 0 Å². The van der Waals surface area contributed by atoms with Crippen LogP contribution in [0.4, 0.5) is 0 Å². The van der Waals surface area contributed by atoms with E-state index >= 15 is 0 Å². The minimum Gasteiger partial charge on any atom is -0.455 e. The second-order valence-electron chi connectivity index (χ2n) is 13.3. The molecule has 0 saturated heterocycles. The fraction of sp³-hybridized carbons (Fsp3) is 0.0612. The van der Waals surface area contributed by atoms with Crippen molar-refractivity contribution < 1.29 is 28.9 Å². The van der Waals surface area contributed by atoms with Gasteiger partial charge in [0.25, 0.3) is 0 Å². The normalized spacial score (nSPS) is 11.1. The van der Waals surface area contributed by atoms with Gasteiger partial charge in [-0.05, 0) is 78.2 Å². The van der Waals surface area contributed by atoms with E-state index in [2.05, 4.69) is 117 Å². The van der Waals surface area contributed by atoms with Gasteiger partial charge >= 0.3 is 0 Å². The van der Waals surface area contributed by atoms with Crippen molar-refractivity contribution in [1.29, 1.82) is 0 Å². The van der Waals surface area contributed by atoms with Gasteiger partial charge in [0.05, 0.1) is 5.39 Å². The molecule has 1 radical (unpaired) electrons. The van der Waals surface area contributed by atoms with Gasteiger partial charge in [0, 0.05) is 59.8 Å². The molecule has 54 heavy (non-hydrogen) atoms. The van der Waals surface area contributed by atoms with Crippen LogP contribution in [0.15, 0.2) is 161 Å². The van der Waals surface area contributed by atoms with E-state index in [-0.39, 0.29) is 20.1 Å². The van der Waals surface area contributed by atoms with Crippen molar-refractivity contribution in [2.75, 3.05) is 0 Å². The second kappa shape index (κ2) is 14.7. The predicted octanol–water partition coefficient (Wildman–Crippen LogP) is 13.2. The summed E-state index contributed by atoms with van der Waals surface area (Å²) in [5.41, 5.74) is 15.0. The summed E-state index contributed by atoms with van der Waals surface area (Å²) in [6.45, 7) is 6.43. The number of pyridine rings is 2. The molecular weight excluding hydrogens is 841 g/mol. The van der Waals surface area contributed by atoms with E-state index in [1.807, 2.05) is 66.9 Å². The van der Waals surface area contributed by atoms with E-state index in [1.54, 1.807) is 6.20 Å². The third kappa shape index (κ3) is 6.12. The zero-order valence-corrected chi connectivity index (χ0v) is 32.4. The maximum atomic E-state index is 6.83. The molecule has 0 unspecified atom stereocenters. The zero-order valence-electron chi connectivity index (χ0n) is 30.0. The second-order valence-corrected chi connectivity index (χ2v) is 13.3. The number of rotatable bonds is 4. The molecule has 0 bridgehead atoms. The fourth-order valence-electron chi connectivity index (χ4n) is 7.41. The Bertz CT molecular complexity index is 2860. The molecule has 4 aromatic heterocycles. The Kier molecular flexibility index (Phi) is 9.52. The van der Waals surface area contributed by atoms with Gasteiger partial charge in [0.1, 0.15) is 22.3 Å². The Labute approximate surface area is 327 Å². The SMILES string of the molecule is Cc1cnc(-c2[c-]cccc2)cc1-c1c(-c2ccccc2)c2c(oc3cccc(C)c32)c2c1oc1cccc(C)c12.[Ir].[c-]1ccccc1-c1ccccn1. The number of nitrogens with zero attached hydrogens (tertiary/aromatic N) is 2. The molecule has 263 valence electrons. The van der Waals surface area contributed by atoms with Crippen molar-refractivity contribution in [3.8, 4) is 44.8 Å². The standard InChI is InChI=1S/C38H26NO2.C11H8N.Ir/c1-22-12-10-18-29-31(22)35-33(26-16-8-5-9-17-26)34(27-20-28(39-21-24(27)3)25-14-6-4-7-15-25)37-36(38(35)41-29)32-23(2)13-11-19-30(32)40-37;1-2-6-10(7-3-1)11-8-4-5-9-12-11;/h4-14,16-21H,1-3H3;1-6,8-9H;/q2*-1;. The Morgan fingerprint density at radius 3 is 1.72 bits per heavy atom. The molecule has 10 aromatic rings. The first-order valence-corrected chi connectivity index (χ1v) is 17.7. The summed E-state index contributed by atoms with van der Waals surface area (Å²) < 4.78 is 13.6. The molecule has 0 N–H and O–H groups in total.